The molecule has 3 heterocycles. The summed E-state index contributed by atoms with van der Waals surface area (Å²) in [7, 11) is 0. The standard InChI is InChI=1S/C28H33ClN4O3/c1-18-12-20(16-21(29)13-18)24-14-19(2)15-26(32-24)35-23-6-7-25(30-17-23)33-10-8-22(9-11-33)31-27(34)36-28(3,4)5/h6-7,12-17,22H,8-11H2,1-5H3,(H,31,34). The highest BCUT2D eigenvalue weighted by molar-refractivity contribution is 6.30. The number of amides is 1. The molecule has 0 bridgehead atoms. The second kappa shape index (κ2) is 10.7. The van der Waals surface area contributed by atoms with Crippen molar-refractivity contribution in [3.05, 3.63) is 64.8 Å². The van der Waals surface area contributed by atoms with E-state index < -0.39 is 5.60 Å². The summed E-state index contributed by atoms with van der Waals surface area (Å²) in [4.78, 5) is 23.5. The van der Waals surface area contributed by atoms with Crippen LogP contribution in [0.5, 0.6) is 11.6 Å². The fraction of sp³-hybridized carbons (Fsp3) is 0.393. The Labute approximate surface area is 217 Å². The summed E-state index contributed by atoms with van der Waals surface area (Å²) in [6.07, 6.45) is 3.02. The van der Waals surface area contributed by atoms with Crippen LogP contribution in [-0.4, -0.2) is 40.8 Å². The van der Waals surface area contributed by atoms with Gasteiger partial charge in [0, 0.05) is 35.8 Å². The molecule has 1 saturated heterocycles. The van der Waals surface area contributed by atoms with Crippen molar-refractivity contribution in [1.29, 1.82) is 0 Å². The van der Waals surface area contributed by atoms with Gasteiger partial charge in [-0.1, -0.05) is 11.6 Å². The predicted octanol–water partition coefficient (Wildman–Crippen LogP) is 6.70. The molecule has 1 aliphatic heterocycles. The zero-order chi connectivity index (χ0) is 25.9. The topological polar surface area (TPSA) is 76.6 Å². The molecule has 1 N–H and O–H groups in total. The van der Waals surface area contributed by atoms with Gasteiger partial charge in [-0.3, -0.25) is 0 Å². The first kappa shape index (κ1) is 25.8. The number of ether oxygens (including phenoxy) is 2. The molecule has 36 heavy (non-hydrogen) atoms. The lowest BCUT2D eigenvalue weighted by molar-refractivity contribution is 0.0497. The number of carbonyl (C=O) groups is 1. The monoisotopic (exact) mass is 508 g/mol. The number of aromatic nitrogens is 2. The molecule has 0 saturated carbocycles. The van der Waals surface area contributed by atoms with Gasteiger partial charge >= 0.3 is 6.09 Å². The molecule has 190 valence electrons. The van der Waals surface area contributed by atoms with Crippen molar-refractivity contribution in [2.75, 3.05) is 18.0 Å². The molecule has 8 heteroatoms. The summed E-state index contributed by atoms with van der Waals surface area (Å²) >= 11 is 6.25. The van der Waals surface area contributed by atoms with Gasteiger partial charge in [-0.15, -0.1) is 0 Å². The van der Waals surface area contributed by atoms with Crippen LogP contribution in [0, 0.1) is 13.8 Å². The molecule has 1 amide bonds. The Balaban J connectivity index is 1.36. The van der Waals surface area contributed by atoms with Crippen LogP contribution in [0.3, 0.4) is 0 Å². The van der Waals surface area contributed by atoms with E-state index in [0.29, 0.717) is 16.7 Å². The molecule has 4 rings (SSSR count). The molecule has 7 nitrogen and oxygen atoms in total. The first-order chi connectivity index (χ1) is 17.0. The number of hydrogen-bond acceptors (Lipinski definition) is 6. The molecule has 0 spiro atoms. The summed E-state index contributed by atoms with van der Waals surface area (Å²) in [6.45, 7) is 11.2. The average molecular weight is 509 g/mol. The minimum atomic E-state index is -0.498. The van der Waals surface area contributed by atoms with Crippen LogP contribution in [0.4, 0.5) is 10.6 Å². The molecule has 0 atom stereocenters. The number of anilines is 1. The first-order valence-electron chi connectivity index (χ1n) is 12.2. The SMILES string of the molecule is Cc1cc(Cl)cc(-c2cc(C)cc(Oc3ccc(N4CCC(NC(=O)OC(C)(C)C)CC4)nc3)n2)c1. The molecule has 1 aliphatic rings. The van der Waals surface area contributed by atoms with E-state index in [9.17, 15) is 4.79 Å². The summed E-state index contributed by atoms with van der Waals surface area (Å²) in [5, 5.41) is 3.65. The minimum absolute atomic E-state index is 0.101. The molecular weight excluding hydrogens is 476 g/mol. The van der Waals surface area contributed by atoms with Crippen LogP contribution < -0.4 is 15.0 Å². The maximum absolute atomic E-state index is 12.0. The van der Waals surface area contributed by atoms with Crippen LogP contribution in [0.15, 0.2) is 48.7 Å². The van der Waals surface area contributed by atoms with Crippen LogP contribution in [0.1, 0.15) is 44.7 Å². The third kappa shape index (κ3) is 7.10. The highest BCUT2D eigenvalue weighted by atomic mass is 35.5. The third-order valence-electron chi connectivity index (χ3n) is 5.77. The van der Waals surface area contributed by atoms with Crippen molar-refractivity contribution in [3.63, 3.8) is 0 Å². The predicted molar refractivity (Wildman–Crippen MR) is 143 cm³/mol. The number of hydrogen-bond donors (Lipinski definition) is 1. The van der Waals surface area contributed by atoms with E-state index in [1.165, 1.54) is 0 Å². The number of pyridine rings is 2. The van der Waals surface area contributed by atoms with Gasteiger partial charge in [-0.05, 0) is 95.0 Å². The van der Waals surface area contributed by atoms with E-state index in [1.54, 1.807) is 6.20 Å². The Morgan fingerprint density at radius 1 is 1.06 bits per heavy atom. The van der Waals surface area contributed by atoms with Crippen molar-refractivity contribution in [1.82, 2.24) is 15.3 Å². The number of benzene rings is 1. The van der Waals surface area contributed by atoms with Crippen molar-refractivity contribution in [3.8, 4) is 22.9 Å². The number of nitrogens with one attached hydrogen (secondary N) is 1. The van der Waals surface area contributed by atoms with Crippen LogP contribution in [0.25, 0.3) is 11.3 Å². The van der Waals surface area contributed by atoms with Crippen molar-refractivity contribution in [2.24, 2.45) is 0 Å². The van der Waals surface area contributed by atoms with E-state index in [0.717, 1.165) is 54.1 Å². The van der Waals surface area contributed by atoms with Gasteiger partial charge in [0.1, 0.15) is 17.2 Å². The smallest absolute Gasteiger partial charge is 0.407 e. The largest absolute Gasteiger partial charge is 0.444 e. The lowest BCUT2D eigenvalue weighted by atomic mass is 10.1. The van der Waals surface area contributed by atoms with E-state index in [4.69, 9.17) is 21.1 Å². The van der Waals surface area contributed by atoms with E-state index in [2.05, 4.69) is 26.3 Å². The Hall–Kier alpha value is -3.32. The second-order valence-corrected chi connectivity index (χ2v) is 10.7. The van der Waals surface area contributed by atoms with Gasteiger partial charge < -0.3 is 19.7 Å². The highest BCUT2D eigenvalue weighted by Gasteiger charge is 2.24. The second-order valence-electron chi connectivity index (χ2n) is 10.2. The minimum Gasteiger partial charge on any atom is -0.444 e. The number of piperidine rings is 1. The summed E-state index contributed by atoms with van der Waals surface area (Å²) in [5.74, 6) is 2.00. The van der Waals surface area contributed by atoms with Gasteiger partial charge in [-0.25, -0.2) is 14.8 Å². The van der Waals surface area contributed by atoms with Crippen LogP contribution in [-0.2, 0) is 4.74 Å². The number of rotatable bonds is 5. The summed E-state index contributed by atoms with van der Waals surface area (Å²) in [6, 6.07) is 13.8. The van der Waals surface area contributed by atoms with Crippen LogP contribution >= 0.6 is 11.6 Å². The molecule has 0 aliphatic carbocycles. The molecular formula is C28H33ClN4O3. The van der Waals surface area contributed by atoms with Crippen molar-refractivity contribution < 1.29 is 14.3 Å². The van der Waals surface area contributed by atoms with Crippen LogP contribution in [0.2, 0.25) is 5.02 Å². The molecule has 0 radical (unpaired) electrons. The number of halogens is 1. The van der Waals surface area contributed by atoms with E-state index in [1.807, 2.05) is 71.0 Å². The Bertz CT molecular complexity index is 1200. The normalized spacial score (nSPS) is 14.4. The lowest BCUT2D eigenvalue weighted by Gasteiger charge is -2.33. The van der Waals surface area contributed by atoms with Gasteiger partial charge in [0.05, 0.1) is 11.9 Å². The summed E-state index contributed by atoms with van der Waals surface area (Å²) in [5.41, 5.74) is 3.38. The quantitative estimate of drug-likeness (QED) is 0.413. The molecule has 3 aromatic rings. The molecule has 2 aromatic heterocycles. The van der Waals surface area contributed by atoms with Gasteiger partial charge in [0.25, 0.3) is 0 Å². The number of aryl methyl sites for hydroxylation is 2. The maximum Gasteiger partial charge on any atom is 0.407 e. The molecule has 1 fully saturated rings. The first-order valence-corrected chi connectivity index (χ1v) is 12.6. The average Bonchev–Trinajstić information content (AvgIpc) is 2.78. The fourth-order valence-corrected chi connectivity index (χ4v) is 4.48. The van der Waals surface area contributed by atoms with E-state index in [-0.39, 0.29) is 12.1 Å². The number of carbonyl (C=O) groups excluding carboxylic acids is 1. The number of alkyl carbamates (subject to hydrolysis) is 1. The number of nitrogens with zero attached hydrogens (tertiary/aromatic N) is 3. The fourth-order valence-electron chi connectivity index (χ4n) is 4.19. The zero-order valence-electron chi connectivity index (χ0n) is 21.5. The highest BCUT2D eigenvalue weighted by Crippen LogP contribution is 2.29. The third-order valence-corrected chi connectivity index (χ3v) is 5.99. The van der Waals surface area contributed by atoms with E-state index >= 15 is 0 Å². The Morgan fingerprint density at radius 3 is 2.42 bits per heavy atom. The zero-order valence-corrected chi connectivity index (χ0v) is 22.2. The molecule has 1 aromatic carbocycles. The molecule has 0 unspecified atom stereocenters. The van der Waals surface area contributed by atoms with Crippen molar-refractivity contribution >= 4 is 23.5 Å². The van der Waals surface area contributed by atoms with Gasteiger partial charge in [-0.2, -0.15) is 0 Å². The summed E-state index contributed by atoms with van der Waals surface area (Å²) < 4.78 is 11.4. The maximum atomic E-state index is 12.0. The van der Waals surface area contributed by atoms with Gasteiger partial charge in [0.2, 0.25) is 5.88 Å². The Morgan fingerprint density at radius 2 is 1.78 bits per heavy atom. The van der Waals surface area contributed by atoms with Crippen molar-refractivity contribution in [2.45, 2.75) is 59.1 Å². The van der Waals surface area contributed by atoms with Gasteiger partial charge in [0.15, 0.2) is 0 Å². The Kier molecular flexibility index (Phi) is 7.69. The lowest BCUT2D eigenvalue weighted by Crippen LogP contribution is -2.46.